The van der Waals surface area contributed by atoms with E-state index in [0.717, 1.165) is 0 Å². The number of benzene rings is 2. The van der Waals surface area contributed by atoms with Crippen LogP contribution < -0.4 is 9.46 Å². The first-order valence-electron chi connectivity index (χ1n) is 8.68. The van der Waals surface area contributed by atoms with Crippen LogP contribution in [0.4, 0.5) is 19.0 Å². The first-order chi connectivity index (χ1) is 14.2. The number of alkyl halides is 3. The highest BCUT2D eigenvalue weighted by atomic mass is 32.2. The van der Waals surface area contributed by atoms with E-state index in [1.165, 1.54) is 61.7 Å². The highest BCUT2D eigenvalue weighted by Gasteiger charge is 2.41. The van der Waals surface area contributed by atoms with Crippen molar-refractivity contribution in [1.29, 1.82) is 0 Å². The Balaban J connectivity index is 2.22. The summed E-state index contributed by atoms with van der Waals surface area (Å²) in [4.78, 5) is -0.0995. The van der Waals surface area contributed by atoms with Gasteiger partial charge in [0.2, 0.25) is 0 Å². The predicted molar refractivity (Wildman–Crippen MR) is 107 cm³/mol. The Bertz CT molecular complexity index is 1140. The molecule has 1 heterocycles. The summed E-state index contributed by atoms with van der Waals surface area (Å²) >= 11 is 0. The molecule has 0 saturated carbocycles. The van der Waals surface area contributed by atoms with E-state index in [-0.39, 0.29) is 22.6 Å². The van der Waals surface area contributed by atoms with E-state index < -0.39 is 27.7 Å². The van der Waals surface area contributed by atoms with Gasteiger partial charge < -0.3 is 4.74 Å². The van der Waals surface area contributed by atoms with Crippen molar-refractivity contribution in [3.63, 3.8) is 0 Å². The Morgan fingerprint density at radius 1 is 1.13 bits per heavy atom. The molecule has 0 amide bonds. The molecule has 158 valence electrons. The quantitative estimate of drug-likeness (QED) is 0.550. The molecule has 0 unspecified atom stereocenters. The number of methoxy groups -OCH3 is 1. The minimum absolute atomic E-state index is 0.0995. The molecule has 0 atom stereocenters. The van der Waals surface area contributed by atoms with Crippen molar-refractivity contribution in [1.82, 2.24) is 9.78 Å². The zero-order chi connectivity index (χ0) is 21.9. The lowest BCUT2D eigenvalue weighted by Crippen LogP contribution is -2.15. The van der Waals surface area contributed by atoms with Crippen LogP contribution in [0.5, 0.6) is 5.75 Å². The van der Waals surface area contributed by atoms with Crippen molar-refractivity contribution in [3.8, 4) is 16.9 Å². The van der Waals surface area contributed by atoms with Crippen molar-refractivity contribution in [3.05, 3.63) is 72.9 Å². The summed E-state index contributed by atoms with van der Waals surface area (Å²) in [6.07, 6.45) is -3.54. The Labute approximate surface area is 171 Å². The number of aromatic nitrogens is 2. The van der Waals surface area contributed by atoms with Gasteiger partial charge in [0, 0.05) is 0 Å². The average molecular weight is 437 g/mol. The third kappa shape index (κ3) is 4.33. The number of nitrogens with one attached hydrogen (secondary N) is 1. The summed E-state index contributed by atoms with van der Waals surface area (Å²) in [5.41, 5.74) is -1.34. The topological polar surface area (TPSA) is 73.2 Å². The van der Waals surface area contributed by atoms with Crippen LogP contribution in [0.1, 0.15) is 5.69 Å². The number of nitrogens with zero attached hydrogens (tertiary/aromatic N) is 2. The maximum absolute atomic E-state index is 13.9. The zero-order valence-corrected chi connectivity index (χ0v) is 16.7. The average Bonchev–Trinajstić information content (AvgIpc) is 3.06. The number of hydrogen-bond acceptors (Lipinski definition) is 4. The number of anilines is 1. The van der Waals surface area contributed by atoms with E-state index in [1.54, 1.807) is 6.07 Å². The fraction of sp³-hybridized carbons (Fsp3) is 0.150. The van der Waals surface area contributed by atoms with Crippen LogP contribution >= 0.6 is 0 Å². The summed E-state index contributed by atoms with van der Waals surface area (Å²) in [6.45, 7) is 3.19. The van der Waals surface area contributed by atoms with Crippen LogP contribution in [0.15, 0.2) is 72.1 Å². The second-order valence-electron chi connectivity index (χ2n) is 6.19. The van der Waals surface area contributed by atoms with Gasteiger partial charge in [-0.25, -0.2) is 8.42 Å². The fourth-order valence-corrected chi connectivity index (χ4v) is 3.92. The van der Waals surface area contributed by atoms with Crippen LogP contribution in [0.3, 0.4) is 0 Å². The van der Waals surface area contributed by atoms with E-state index in [0.29, 0.717) is 10.4 Å². The molecule has 0 spiro atoms. The molecule has 0 fully saturated rings. The van der Waals surface area contributed by atoms with Gasteiger partial charge in [0.25, 0.3) is 10.0 Å². The summed E-state index contributed by atoms with van der Waals surface area (Å²) in [5.74, 6) is 0.00963. The Hall–Kier alpha value is -3.27. The number of halogens is 3. The normalized spacial score (nSPS) is 11.9. The molecule has 0 radical (unpaired) electrons. The third-order valence-corrected chi connectivity index (χ3v) is 5.54. The standard InChI is InChI=1S/C20H18F3N3O3S/c1-3-13-26-18(20(21,22)23)17(14-9-11-15(29-2)12-10-14)19(24-26)25-30(27,28)16-7-5-4-6-8-16/h3-12H,1,13H2,2H3,(H,24,25). The first-order valence-corrected chi connectivity index (χ1v) is 10.2. The minimum atomic E-state index is -4.79. The van der Waals surface area contributed by atoms with Crippen LogP contribution in [0.25, 0.3) is 11.1 Å². The van der Waals surface area contributed by atoms with E-state index in [2.05, 4.69) is 16.4 Å². The molecule has 1 N–H and O–H groups in total. The smallest absolute Gasteiger partial charge is 0.433 e. The van der Waals surface area contributed by atoms with E-state index in [4.69, 9.17) is 4.74 Å². The Morgan fingerprint density at radius 2 is 1.77 bits per heavy atom. The molecule has 0 aliphatic heterocycles. The molecule has 0 saturated heterocycles. The van der Waals surface area contributed by atoms with E-state index in [1.807, 2.05) is 0 Å². The van der Waals surface area contributed by atoms with Crippen LogP contribution in [0, 0.1) is 0 Å². The summed E-state index contributed by atoms with van der Waals surface area (Å²) in [5, 5.41) is 3.90. The number of ether oxygens (including phenoxy) is 1. The van der Waals surface area contributed by atoms with Gasteiger partial charge in [0.15, 0.2) is 11.5 Å². The maximum Gasteiger partial charge on any atom is 0.433 e. The second kappa shape index (κ2) is 8.23. The molecular weight excluding hydrogens is 419 g/mol. The van der Waals surface area contributed by atoms with Gasteiger partial charge in [-0.3, -0.25) is 9.40 Å². The van der Waals surface area contributed by atoms with Gasteiger partial charge in [0.1, 0.15) is 5.75 Å². The third-order valence-electron chi connectivity index (χ3n) is 4.19. The lowest BCUT2D eigenvalue weighted by Gasteiger charge is -2.13. The predicted octanol–water partition coefficient (Wildman–Crippen LogP) is 4.56. The number of hydrogen-bond donors (Lipinski definition) is 1. The molecule has 0 aliphatic carbocycles. The van der Waals surface area contributed by atoms with E-state index >= 15 is 0 Å². The first kappa shape index (κ1) is 21.4. The molecule has 2 aromatic carbocycles. The Morgan fingerprint density at radius 3 is 2.30 bits per heavy atom. The zero-order valence-electron chi connectivity index (χ0n) is 15.8. The number of sulfonamides is 1. The van der Waals surface area contributed by atoms with E-state index in [9.17, 15) is 21.6 Å². The lowest BCUT2D eigenvalue weighted by atomic mass is 10.0. The SMILES string of the molecule is C=CCn1nc(NS(=O)(=O)c2ccccc2)c(-c2ccc(OC)cc2)c1C(F)(F)F. The summed E-state index contributed by atoms with van der Waals surface area (Å²) in [6, 6.07) is 13.1. The maximum atomic E-state index is 13.9. The largest absolute Gasteiger partial charge is 0.497 e. The highest BCUT2D eigenvalue weighted by Crippen LogP contribution is 2.42. The molecular formula is C20H18F3N3O3S. The van der Waals surface area contributed by atoms with Gasteiger partial charge >= 0.3 is 6.18 Å². The molecule has 0 bridgehead atoms. The monoisotopic (exact) mass is 437 g/mol. The molecule has 3 rings (SSSR count). The van der Waals surface area contributed by atoms with Crippen molar-refractivity contribution in [2.24, 2.45) is 0 Å². The van der Waals surface area contributed by atoms with Crippen LogP contribution in [-0.2, 0) is 22.7 Å². The summed E-state index contributed by atoms with van der Waals surface area (Å²) in [7, 11) is -2.74. The van der Waals surface area contributed by atoms with Crippen molar-refractivity contribution in [2.45, 2.75) is 17.6 Å². The van der Waals surface area contributed by atoms with Gasteiger partial charge in [-0.15, -0.1) is 6.58 Å². The molecule has 6 nitrogen and oxygen atoms in total. The van der Waals surface area contributed by atoms with Crippen molar-refractivity contribution in [2.75, 3.05) is 11.8 Å². The van der Waals surface area contributed by atoms with Crippen LogP contribution in [0.2, 0.25) is 0 Å². The lowest BCUT2D eigenvalue weighted by molar-refractivity contribution is -0.143. The number of rotatable bonds is 7. The summed E-state index contributed by atoms with van der Waals surface area (Å²) < 4.78 is 75.2. The second-order valence-corrected chi connectivity index (χ2v) is 7.87. The van der Waals surface area contributed by atoms with Gasteiger partial charge in [-0.05, 0) is 29.8 Å². The van der Waals surface area contributed by atoms with Gasteiger partial charge in [0.05, 0.1) is 24.1 Å². The van der Waals surface area contributed by atoms with Gasteiger partial charge in [-0.2, -0.15) is 18.3 Å². The van der Waals surface area contributed by atoms with Crippen LogP contribution in [-0.4, -0.2) is 25.3 Å². The molecule has 3 aromatic rings. The minimum Gasteiger partial charge on any atom is -0.497 e. The van der Waals surface area contributed by atoms with Crippen molar-refractivity contribution >= 4 is 15.8 Å². The van der Waals surface area contributed by atoms with Crippen molar-refractivity contribution < 1.29 is 26.3 Å². The molecule has 0 aliphatic rings. The molecule has 30 heavy (non-hydrogen) atoms. The fourth-order valence-electron chi connectivity index (χ4n) is 2.89. The highest BCUT2D eigenvalue weighted by molar-refractivity contribution is 7.92. The molecule has 10 heteroatoms. The molecule has 1 aromatic heterocycles. The van der Waals surface area contributed by atoms with Gasteiger partial charge in [-0.1, -0.05) is 36.4 Å². The number of allylic oxidation sites excluding steroid dienone is 1. The Kier molecular flexibility index (Phi) is 5.88.